The van der Waals surface area contributed by atoms with E-state index >= 15 is 0 Å². The van der Waals surface area contributed by atoms with Gasteiger partial charge in [-0.15, -0.1) is 0 Å². The van der Waals surface area contributed by atoms with Gasteiger partial charge in [-0.2, -0.15) is 0 Å². The minimum Gasteiger partial charge on any atom is -0.402 e. The molecule has 0 aromatic heterocycles. The highest BCUT2D eigenvalue weighted by atomic mass is 16.6. The Kier molecular flexibility index (Phi) is 5.82. The first kappa shape index (κ1) is 20.1. The maximum atomic E-state index is 9.98. The molecule has 0 aliphatic carbocycles. The van der Waals surface area contributed by atoms with Gasteiger partial charge >= 0.3 is 7.32 Å². The molecule has 4 aromatic carbocycles. The van der Waals surface area contributed by atoms with E-state index in [0.29, 0.717) is 0 Å². The second kappa shape index (κ2) is 8.68. The summed E-state index contributed by atoms with van der Waals surface area (Å²) in [6.07, 6.45) is 0. The van der Waals surface area contributed by atoms with Crippen molar-refractivity contribution in [2.24, 2.45) is 0 Å². The topological polar surface area (TPSA) is 49.7 Å². The highest BCUT2D eigenvalue weighted by molar-refractivity contribution is 6.33. The third-order valence-electron chi connectivity index (χ3n) is 5.44. The Morgan fingerprint density at radius 3 is 1.63 bits per heavy atom. The maximum Gasteiger partial charge on any atom is 0.635 e. The number of hydrogen-bond acceptors (Lipinski definition) is 3. The molecular formula is C26H23BO3. The van der Waals surface area contributed by atoms with Crippen molar-refractivity contribution in [1.82, 2.24) is 0 Å². The lowest BCUT2D eigenvalue weighted by Crippen LogP contribution is -2.39. The van der Waals surface area contributed by atoms with Crippen LogP contribution in [0.25, 0.3) is 11.1 Å². The van der Waals surface area contributed by atoms with Gasteiger partial charge in [-0.3, -0.25) is 0 Å². The van der Waals surface area contributed by atoms with Gasteiger partial charge in [0.1, 0.15) is 5.60 Å². The van der Waals surface area contributed by atoms with Crippen molar-refractivity contribution < 1.29 is 14.7 Å². The SMILES string of the molecule is Cc1c(-c2ccccc2)cccc1C(OB(O)O)(c1ccccc1)c1ccccc1. The van der Waals surface area contributed by atoms with Gasteiger partial charge in [-0.25, -0.2) is 0 Å². The molecule has 0 bridgehead atoms. The summed E-state index contributed by atoms with van der Waals surface area (Å²) < 4.78 is 5.98. The molecule has 0 saturated heterocycles. The van der Waals surface area contributed by atoms with E-state index < -0.39 is 12.9 Å². The monoisotopic (exact) mass is 394 g/mol. The van der Waals surface area contributed by atoms with Crippen molar-refractivity contribution in [3.63, 3.8) is 0 Å². The average Bonchev–Trinajstić information content (AvgIpc) is 2.79. The largest absolute Gasteiger partial charge is 0.635 e. The molecule has 0 fully saturated rings. The Hall–Kier alpha value is -3.18. The Balaban J connectivity index is 2.04. The predicted octanol–water partition coefficient (Wildman–Crippen LogP) is 4.94. The van der Waals surface area contributed by atoms with Crippen LogP contribution in [0.1, 0.15) is 22.3 Å². The maximum absolute atomic E-state index is 9.98. The first-order valence-corrected chi connectivity index (χ1v) is 9.93. The van der Waals surface area contributed by atoms with Crippen LogP contribution in [0.2, 0.25) is 0 Å². The number of hydrogen-bond donors (Lipinski definition) is 2. The summed E-state index contributed by atoms with van der Waals surface area (Å²) in [4.78, 5) is 0. The standard InChI is InChI=1S/C26H23BO3/c1-20-24(21-12-5-2-6-13-21)18-11-19-25(20)26(30-27(28)29,22-14-7-3-8-15-22)23-16-9-4-10-17-23/h2-19,28-29H,1H3. The van der Waals surface area contributed by atoms with Crippen LogP contribution in [-0.2, 0) is 10.3 Å². The predicted molar refractivity (Wildman–Crippen MR) is 121 cm³/mol. The van der Waals surface area contributed by atoms with Gasteiger partial charge < -0.3 is 14.7 Å². The van der Waals surface area contributed by atoms with Crippen LogP contribution in [-0.4, -0.2) is 17.4 Å². The summed E-state index contributed by atoms with van der Waals surface area (Å²) in [5, 5.41) is 20.0. The number of rotatable bonds is 6. The third kappa shape index (κ3) is 3.69. The van der Waals surface area contributed by atoms with E-state index in [-0.39, 0.29) is 0 Å². The Labute approximate surface area is 177 Å². The highest BCUT2D eigenvalue weighted by Crippen LogP contribution is 2.43. The van der Waals surface area contributed by atoms with Crippen molar-refractivity contribution >= 4 is 7.32 Å². The molecule has 0 aliphatic heterocycles. The third-order valence-corrected chi connectivity index (χ3v) is 5.44. The summed E-state index contributed by atoms with van der Waals surface area (Å²) in [7, 11) is -1.95. The second-order valence-corrected chi connectivity index (χ2v) is 7.20. The van der Waals surface area contributed by atoms with Crippen LogP contribution in [0.3, 0.4) is 0 Å². The molecule has 4 rings (SSSR count). The molecule has 30 heavy (non-hydrogen) atoms. The molecule has 0 heterocycles. The molecule has 4 aromatic rings. The van der Waals surface area contributed by atoms with Crippen LogP contribution in [0, 0.1) is 6.92 Å². The zero-order valence-electron chi connectivity index (χ0n) is 16.8. The van der Waals surface area contributed by atoms with Crippen molar-refractivity contribution in [3.8, 4) is 11.1 Å². The molecule has 3 nitrogen and oxygen atoms in total. The quantitative estimate of drug-likeness (QED) is 0.360. The fraction of sp³-hybridized carbons (Fsp3) is 0.0769. The summed E-state index contributed by atoms with van der Waals surface area (Å²) >= 11 is 0. The molecule has 0 radical (unpaired) electrons. The smallest absolute Gasteiger partial charge is 0.402 e. The lowest BCUT2D eigenvalue weighted by molar-refractivity contribution is 0.0811. The minimum atomic E-state index is -1.95. The van der Waals surface area contributed by atoms with Crippen molar-refractivity contribution in [3.05, 3.63) is 131 Å². The van der Waals surface area contributed by atoms with Crippen LogP contribution in [0.15, 0.2) is 109 Å². The summed E-state index contributed by atoms with van der Waals surface area (Å²) in [6, 6.07) is 35.6. The molecule has 148 valence electrons. The summed E-state index contributed by atoms with van der Waals surface area (Å²) in [5.41, 5.74) is 4.48. The Bertz CT molecular complexity index is 1060. The van der Waals surface area contributed by atoms with E-state index in [9.17, 15) is 10.0 Å². The Morgan fingerprint density at radius 2 is 1.13 bits per heavy atom. The van der Waals surface area contributed by atoms with Crippen LogP contribution in [0.4, 0.5) is 0 Å². The van der Waals surface area contributed by atoms with Crippen LogP contribution >= 0.6 is 0 Å². The molecule has 4 heteroatoms. The van der Waals surface area contributed by atoms with Crippen molar-refractivity contribution in [1.29, 1.82) is 0 Å². The zero-order chi connectivity index (χ0) is 21.0. The van der Waals surface area contributed by atoms with Gasteiger partial charge in [-0.1, -0.05) is 109 Å². The Morgan fingerprint density at radius 1 is 0.633 bits per heavy atom. The van der Waals surface area contributed by atoms with E-state index in [2.05, 4.69) is 18.2 Å². The molecule has 0 saturated carbocycles. The lowest BCUT2D eigenvalue weighted by Gasteiger charge is -2.37. The fourth-order valence-electron chi connectivity index (χ4n) is 4.13. The summed E-state index contributed by atoms with van der Waals surface area (Å²) in [6.45, 7) is 2.05. The van der Waals surface area contributed by atoms with E-state index in [0.717, 1.165) is 33.4 Å². The first-order chi connectivity index (χ1) is 14.6. The van der Waals surface area contributed by atoms with E-state index in [1.165, 1.54) is 0 Å². The molecule has 0 spiro atoms. The zero-order valence-corrected chi connectivity index (χ0v) is 16.8. The van der Waals surface area contributed by atoms with E-state index in [4.69, 9.17) is 4.65 Å². The number of benzene rings is 4. The lowest BCUT2D eigenvalue weighted by atomic mass is 9.76. The molecule has 0 atom stereocenters. The van der Waals surface area contributed by atoms with E-state index in [1.54, 1.807) is 0 Å². The van der Waals surface area contributed by atoms with Gasteiger partial charge in [0, 0.05) is 0 Å². The van der Waals surface area contributed by atoms with Gasteiger partial charge in [-0.05, 0) is 40.3 Å². The molecule has 0 aliphatic rings. The highest BCUT2D eigenvalue weighted by Gasteiger charge is 2.42. The molecule has 2 N–H and O–H groups in total. The van der Waals surface area contributed by atoms with Crippen LogP contribution < -0.4 is 0 Å². The van der Waals surface area contributed by atoms with Crippen LogP contribution in [0.5, 0.6) is 0 Å². The molecule has 0 amide bonds. The average molecular weight is 394 g/mol. The van der Waals surface area contributed by atoms with Crippen molar-refractivity contribution in [2.75, 3.05) is 0 Å². The first-order valence-electron chi connectivity index (χ1n) is 9.93. The van der Waals surface area contributed by atoms with Gasteiger partial charge in [0.25, 0.3) is 0 Å². The fourth-order valence-corrected chi connectivity index (χ4v) is 4.13. The van der Waals surface area contributed by atoms with Crippen molar-refractivity contribution in [2.45, 2.75) is 12.5 Å². The van der Waals surface area contributed by atoms with Gasteiger partial charge in [0.15, 0.2) is 0 Å². The minimum absolute atomic E-state index is 0.817. The molecular weight excluding hydrogens is 371 g/mol. The molecule has 0 unspecified atom stereocenters. The van der Waals surface area contributed by atoms with Gasteiger partial charge in [0.05, 0.1) is 0 Å². The normalized spacial score (nSPS) is 11.3. The second-order valence-electron chi connectivity index (χ2n) is 7.20. The van der Waals surface area contributed by atoms with Gasteiger partial charge in [0.2, 0.25) is 0 Å². The van der Waals surface area contributed by atoms with E-state index in [1.807, 2.05) is 97.9 Å². The summed E-state index contributed by atoms with van der Waals surface area (Å²) in [5.74, 6) is 0.